The van der Waals surface area contributed by atoms with Crippen molar-refractivity contribution in [3.63, 3.8) is 0 Å². The van der Waals surface area contributed by atoms with E-state index in [9.17, 15) is 14.3 Å². The number of hydrogen-bond donors (Lipinski definition) is 2. The van der Waals surface area contributed by atoms with Gasteiger partial charge in [-0.1, -0.05) is 12.1 Å². The standard InChI is InChI=1S/C27H33FN4O3/c28-19-3-1-4-22(17-19)35-26-6-2-5-24-23(26)18-25(27(29)34)32(24)20-7-11-30(12-8-20)15-16-31-13-9-21(33)10-14-31/h1-6,17-18,20-21,33H,7-16H2,(H2,29,34). The third kappa shape index (κ3) is 5.34. The smallest absolute Gasteiger partial charge is 0.265 e. The van der Waals surface area contributed by atoms with Crippen molar-refractivity contribution in [1.82, 2.24) is 14.4 Å². The monoisotopic (exact) mass is 480 g/mol. The summed E-state index contributed by atoms with van der Waals surface area (Å²) in [5.74, 6) is 0.142. The van der Waals surface area contributed by atoms with E-state index in [4.69, 9.17) is 10.5 Å². The zero-order valence-corrected chi connectivity index (χ0v) is 19.9. The fourth-order valence-electron chi connectivity index (χ4n) is 5.38. The minimum atomic E-state index is -0.465. The maximum Gasteiger partial charge on any atom is 0.265 e. The minimum Gasteiger partial charge on any atom is -0.457 e. The Morgan fingerprint density at radius 1 is 0.971 bits per heavy atom. The molecule has 7 nitrogen and oxygen atoms in total. The first kappa shape index (κ1) is 23.8. The molecule has 3 heterocycles. The third-order valence-electron chi connectivity index (χ3n) is 7.33. The average Bonchev–Trinajstić information content (AvgIpc) is 3.25. The number of ether oxygens (including phenoxy) is 1. The fraction of sp³-hybridized carbons (Fsp3) is 0.444. The van der Waals surface area contributed by atoms with Crippen LogP contribution in [-0.2, 0) is 0 Å². The van der Waals surface area contributed by atoms with Crippen molar-refractivity contribution < 1.29 is 19.0 Å². The van der Waals surface area contributed by atoms with Gasteiger partial charge in [-0.25, -0.2) is 4.39 Å². The van der Waals surface area contributed by atoms with E-state index >= 15 is 0 Å². The number of fused-ring (bicyclic) bond motifs is 1. The Balaban J connectivity index is 1.31. The van der Waals surface area contributed by atoms with E-state index in [1.807, 2.05) is 18.2 Å². The van der Waals surface area contributed by atoms with Crippen LogP contribution in [0, 0.1) is 5.82 Å². The molecule has 0 atom stereocenters. The zero-order chi connectivity index (χ0) is 24.4. The number of primary amides is 1. The van der Waals surface area contributed by atoms with Crippen molar-refractivity contribution in [2.45, 2.75) is 37.8 Å². The van der Waals surface area contributed by atoms with Crippen LogP contribution in [-0.4, -0.2) is 70.8 Å². The van der Waals surface area contributed by atoms with Gasteiger partial charge in [-0.05, 0) is 56.0 Å². The number of nitrogens with zero attached hydrogens (tertiary/aromatic N) is 3. The highest BCUT2D eigenvalue weighted by molar-refractivity contribution is 6.00. The fourth-order valence-corrected chi connectivity index (χ4v) is 5.38. The number of aromatic nitrogens is 1. The normalized spacial score (nSPS) is 18.8. The van der Waals surface area contributed by atoms with Gasteiger partial charge in [-0.3, -0.25) is 4.79 Å². The lowest BCUT2D eigenvalue weighted by molar-refractivity contribution is 0.0733. The first-order chi connectivity index (χ1) is 17.0. The number of benzene rings is 2. The molecule has 1 aromatic heterocycles. The molecule has 35 heavy (non-hydrogen) atoms. The van der Waals surface area contributed by atoms with Gasteiger partial charge < -0.3 is 29.9 Å². The Hall–Kier alpha value is -2.94. The third-order valence-corrected chi connectivity index (χ3v) is 7.33. The Bertz CT molecular complexity index is 1180. The number of aliphatic hydroxyl groups excluding tert-OH is 1. The number of nitrogens with two attached hydrogens (primary N) is 1. The molecule has 3 N–H and O–H groups in total. The number of hydrogen-bond acceptors (Lipinski definition) is 5. The summed E-state index contributed by atoms with van der Waals surface area (Å²) < 4.78 is 21.7. The Morgan fingerprint density at radius 3 is 2.29 bits per heavy atom. The average molecular weight is 481 g/mol. The number of piperidine rings is 2. The molecule has 186 valence electrons. The van der Waals surface area contributed by atoms with Gasteiger partial charge in [0.2, 0.25) is 0 Å². The largest absolute Gasteiger partial charge is 0.457 e. The van der Waals surface area contributed by atoms with E-state index in [0.717, 1.165) is 75.9 Å². The number of rotatable bonds is 7. The van der Waals surface area contributed by atoms with Crippen LogP contribution in [0.5, 0.6) is 11.5 Å². The molecule has 2 aliphatic rings. The maximum absolute atomic E-state index is 13.6. The Kier molecular flexibility index (Phi) is 7.04. The topological polar surface area (TPSA) is 84.0 Å². The second-order valence-corrected chi connectivity index (χ2v) is 9.66. The van der Waals surface area contributed by atoms with Gasteiger partial charge in [0.1, 0.15) is 23.0 Å². The summed E-state index contributed by atoms with van der Waals surface area (Å²) in [5.41, 5.74) is 7.16. The molecule has 0 radical (unpaired) electrons. The number of halogens is 1. The molecule has 2 aromatic carbocycles. The molecule has 0 aliphatic carbocycles. The van der Waals surface area contributed by atoms with Crippen molar-refractivity contribution in [3.8, 4) is 11.5 Å². The summed E-state index contributed by atoms with van der Waals surface area (Å²) in [6.07, 6.45) is 3.44. The van der Waals surface area contributed by atoms with Crippen LogP contribution in [0.4, 0.5) is 4.39 Å². The van der Waals surface area contributed by atoms with Gasteiger partial charge in [-0.2, -0.15) is 0 Å². The second-order valence-electron chi connectivity index (χ2n) is 9.66. The number of carbonyl (C=O) groups excluding carboxylic acids is 1. The van der Waals surface area contributed by atoms with Crippen molar-refractivity contribution in [1.29, 1.82) is 0 Å². The van der Waals surface area contributed by atoms with E-state index in [2.05, 4.69) is 14.4 Å². The van der Waals surface area contributed by atoms with Crippen LogP contribution < -0.4 is 10.5 Å². The van der Waals surface area contributed by atoms with E-state index in [-0.39, 0.29) is 18.0 Å². The molecule has 2 saturated heterocycles. The van der Waals surface area contributed by atoms with Crippen molar-refractivity contribution in [2.24, 2.45) is 5.73 Å². The van der Waals surface area contributed by atoms with Crippen LogP contribution >= 0.6 is 0 Å². The first-order valence-electron chi connectivity index (χ1n) is 12.5. The molecule has 0 bridgehead atoms. The summed E-state index contributed by atoms with van der Waals surface area (Å²) >= 11 is 0. The van der Waals surface area contributed by atoms with E-state index in [1.165, 1.54) is 12.1 Å². The quantitative estimate of drug-likeness (QED) is 0.538. The number of likely N-dealkylation sites (tertiary alicyclic amines) is 2. The minimum absolute atomic E-state index is 0.141. The highest BCUT2D eigenvalue weighted by atomic mass is 19.1. The van der Waals surface area contributed by atoms with Crippen LogP contribution in [0.3, 0.4) is 0 Å². The van der Waals surface area contributed by atoms with Gasteiger partial charge in [0, 0.05) is 56.8 Å². The highest BCUT2D eigenvalue weighted by Gasteiger charge is 2.27. The van der Waals surface area contributed by atoms with Gasteiger partial charge >= 0.3 is 0 Å². The number of aliphatic hydroxyl groups is 1. The van der Waals surface area contributed by atoms with Gasteiger partial charge in [0.15, 0.2) is 0 Å². The lowest BCUT2D eigenvalue weighted by Gasteiger charge is -2.36. The van der Waals surface area contributed by atoms with E-state index in [1.54, 1.807) is 18.2 Å². The van der Waals surface area contributed by atoms with Gasteiger partial charge in [-0.15, -0.1) is 0 Å². The number of amides is 1. The molecule has 0 spiro atoms. The lowest BCUT2D eigenvalue weighted by Crippen LogP contribution is -2.43. The highest BCUT2D eigenvalue weighted by Crippen LogP contribution is 2.36. The summed E-state index contributed by atoms with van der Waals surface area (Å²) in [5, 5.41) is 10.5. The van der Waals surface area contributed by atoms with Crippen LogP contribution in [0.25, 0.3) is 10.9 Å². The Labute approximate surface area is 204 Å². The molecule has 8 heteroatoms. The van der Waals surface area contributed by atoms with E-state index in [0.29, 0.717) is 17.2 Å². The zero-order valence-electron chi connectivity index (χ0n) is 19.9. The molecule has 5 rings (SSSR count). The number of carbonyl (C=O) groups is 1. The summed E-state index contributed by atoms with van der Waals surface area (Å²) in [6, 6.07) is 13.7. The van der Waals surface area contributed by atoms with Gasteiger partial charge in [0.05, 0.1) is 11.6 Å². The van der Waals surface area contributed by atoms with Crippen LogP contribution in [0.1, 0.15) is 42.2 Å². The predicted octanol–water partition coefficient (Wildman–Crippen LogP) is 3.77. The second kappa shape index (κ2) is 10.4. The molecule has 3 aromatic rings. The molecular formula is C27H33FN4O3. The summed E-state index contributed by atoms with van der Waals surface area (Å²) in [4.78, 5) is 17.3. The van der Waals surface area contributed by atoms with Crippen molar-refractivity contribution in [3.05, 3.63) is 60.0 Å². The van der Waals surface area contributed by atoms with Crippen molar-refractivity contribution >= 4 is 16.8 Å². The first-order valence-corrected chi connectivity index (χ1v) is 12.5. The SMILES string of the molecule is NC(=O)c1cc2c(Oc3cccc(F)c3)cccc2n1C1CCN(CCN2CCC(O)CC2)CC1. The van der Waals surface area contributed by atoms with Crippen LogP contribution in [0.15, 0.2) is 48.5 Å². The van der Waals surface area contributed by atoms with Gasteiger partial charge in [0.25, 0.3) is 5.91 Å². The molecular weight excluding hydrogens is 447 g/mol. The van der Waals surface area contributed by atoms with E-state index < -0.39 is 5.91 Å². The molecule has 2 fully saturated rings. The summed E-state index contributed by atoms with van der Waals surface area (Å²) in [6.45, 7) is 5.89. The molecule has 0 unspecified atom stereocenters. The Morgan fingerprint density at radius 2 is 1.63 bits per heavy atom. The van der Waals surface area contributed by atoms with Crippen molar-refractivity contribution in [2.75, 3.05) is 39.3 Å². The molecule has 2 aliphatic heterocycles. The molecule has 1 amide bonds. The maximum atomic E-state index is 13.6. The lowest BCUT2D eigenvalue weighted by atomic mass is 10.0. The summed E-state index contributed by atoms with van der Waals surface area (Å²) in [7, 11) is 0. The molecule has 0 saturated carbocycles. The predicted molar refractivity (Wildman–Crippen MR) is 133 cm³/mol. The van der Waals surface area contributed by atoms with Crippen LogP contribution in [0.2, 0.25) is 0 Å².